The highest BCUT2D eigenvalue weighted by Crippen LogP contribution is 2.33. The van der Waals surface area contributed by atoms with Crippen molar-refractivity contribution in [3.8, 4) is 0 Å². The molecule has 0 radical (unpaired) electrons. The van der Waals surface area contributed by atoms with Crippen molar-refractivity contribution in [3.05, 3.63) is 63.1 Å². The molecule has 0 bridgehead atoms. The number of hydrogen-bond acceptors (Lipinski definition) is 1. The van der Waals surface area contributed by atoms with Crippen molar-refractivity contribution in [2.24, 2.45) is 0 Å². The van der Waals surface area contributed by atoms with Crippen LogP contribution in [0.5, 0.6) is 0 Å². The molecule has 1 nitrogen and oxygen atoms in total. The SMILES string of the molecule is CC(Nc1c(F)c(F)cc(F)c1F)c1cccc(Cl)c1Cl. The Bertz CT molecular complexity index is 665. The minimum Gasteiger partial charge on any atom is -0.374 e. The maximum absolute atomic E-state index is 13.6. The van der Waals surface area contributed by atoms with Gasteiger partial charge in [-0.3, -0.25) is 0 Å². The lowest BCUT2D eigenvalue weighted by molar-refractivity contribution is 0.457. The molecule has 1 unspecified atom stereocenters. The second-order valence-corrected chi connectivity index (χ2v) is 5.14. The van der Waals surface area contributed by atoms with Gasteiger partial charge in [0.15, 0.2) is 23.3 Å². The van der Waals surface area contributed by atoms with Crippen molar-refractivity contribution in [1.82, 2.24) is 0 Å². The van der Waals surface area contributed by atoms with E-state index in [0.717, 1.165) is 0 Å². The summed E-state index contributed by atoms with van der Waals surface area (Å²) in [6.07, 6.45) is 0. The first kappa shape index (κ1) is 15.9. The fourth-order valence-electron chi connectivity index (χ4n) is 1.85. The van der Waals surface area contributed by atoms with Crippen LogP contribution in [0.3, 0.4) is 0 Å². The van der Waals surface area contributed by atoms with Gasteiger partial charge in [-0.15, -0.1) is 0 Å². The van der Waals surface area contributed by atoms with Crippen molar-refractivity contribution in [2.75, 3.05) is 5.32 Å². The summed E-state index contributed by atoms with van der Waals surface area (Å²) in [5, 5.41) is 2.82. The van der Waals surface area contributed by atoms with Gasteiger partial charge < -0.3 is 5.32 Å². The van der Waals surface area contributed by atoms with Gasteiger partial charge in [0.25, 0.3) is 0 Å². The minimum atomic E-state index is -1.50. The predicted molar refractivity (Wildman–Crippen MR) is 74.8 cm³/mol. The van der Waals surface area contributed by atoms with Crippen LogP contribution in [0.2, 0.25) is 10.0 Å². The lowest BCUT2D eigenvalue weighted by Crippen LogP contribution is -2.12. The average Bonchev–Trinajstić information content (AvgIpc) is 2.44. The smallest absolute Gasteiger partial charge is 0.185 e. The van der Waals surface area contributed by atoms with Gasteiger partial charge in [-0.1, -0.05) is 35.3 Å². The largest absolute Gasteiger partial charge is 0.374 e. The van der Waals surface area contributed by atoms with E-state index in [1.54, 1.807) is 18.2 Å². The molecule has 0 saturated carbocycles. The summed E-state index contributed by atoms with van der Waals surface area (Å²) in [7, 11) is 0. The fraction of sp³-hybridized carbons (Fsp3) is 0.143. The van der Waals surface area contributed by atoms with Crippen LogP contribution >= 0.6 is 23.2 Å². The summed E-state index contributed by atoms with van der Waals surface area (Å²) in [6.45, 7) is 1.53. The molecule has 0 aliphatic rings. The van der Waals surface area contributed by atoms with Gasteiger partial charge in [0.05, 0.1) is 16.1 Å². The number of hydrogen-bond donors (Lipinski definition) is 1. The molecule has 2 aromatic rings. The van der Waals surface area contributed by atoms with Gasteiger partial charge in [-0.25, -0.2) is 17.6 Å². The zero-order chi connectivity index (χ0) is 15.7. The molecule has 0 fully saturated rings. The highest BCUT2D eigenvalue weighted by Gasteiger charge is 2.21. The van der Waals surface area contributed by atoms with Crippen molar-refractivity contribution in [3.63, 3.8) is 0 Å². The first-order chi connectivity index (χ1) is 9.82. The number of halogens is 6. The first-order valence-electron chi connectivity index (χ1n) is 5.86. The molecular formula is C14H9Cl2F4N. The highest BCUT2D eigenvalue weighted by molar-refractivity contribution is 6.42. The van der Waals surface area contributed by atoms with Crippen LogP contribution in [0.25, 0.3) is 0 Å². The zero-order valence-corrected chi connectivity index (χ0v) is 12.2. The van der Waals surface area contributed by atoms with Crippen molar-refractivity contribution >= 4 is 28.9 Å². The van der Waals surface area contributed by atoms with Gasteiger partial charge in [0.2, 0.25) is 0 Å². The Balaban J connectivity index is 2.41. The number of rotatable bonds is 3. The van der Waals surface area contributed by atoms with E-state index in [0.29, 0.717) is 5.56 Å². The third-order valence-electron chi connectivity index (χ3n) is 2.92. The predicted octanol–water partition coefficient (Wildman–Crippen LogP) is 5.72. The summed E-state index contributed by atoms with van der Waals surface area (Å²) >= 11 is 11.8. The van der Waals surface area contributed by atoms with Crippen molar-refractivity contribution < 1.29 is 17.6 Å². The van der Waals surface area contributed by atoms with E-state index in [4.69, 9.17) is 23.2 Å². The second kappa shape index (κ2) is 6.12. The third kappa shape index (κ3) is 3.09. The zero-order valence-electron chi connectivity index (χ0n) is 10.7. The van der Waals surface area contributed by atoms with Crippen LogP contribution in [0.4, 0.5) is 23.2 Å². The molecule has 0 heterocycles. The Morgan fingerprint density at radius 1 is 1.00 bits per heavy atom. The van der Waals surface area contributed by atoms with Gasteiger partial charge in [0, 0.05) is 6.07 Å². The van der Waals surface area contributed by atoms with E-state index in [2.05, 4.69) is 5.32 Å². The monoisotopic (exact) mass is 337 g/mol. The summed E-state index contributed by atoms with van der Waals surface area (Å²) < 4.78 is 53.5. The molecule has 1 atom stereocenters. The molecule has 1 N–H and O–H groups in total. The van der Waals surface area contributed by atoms with Crippen LogP contribution in [0.15, 0.2) is 24.3 Å². The molecule has 0 amide bonds. The number of benzene rings is 2. The lowest BCUT2D eigenvalue weighted by Gasteiger charge is -2.18. The molecule has 2 aromatic carbocycles. The highest BCUT2D eigenvalue weighted by atomic mass is 35.5. The molecule has 7 heteroatoms. The maximum atomic E-state index is 13.6. The summed E-state index contributed by atoms with van der Waals surface area (Å²) in [6, 6.07) is 4.15. The quantitative estimate of drug-likeness (QED) is 0.557. The summed E-state index contributed by atoms with van der Waals surface area (Å²) in [5.41, 5.74) is -0.455. The van der Waals surface area contributed by atoms with E-state index in [9.17, 15) is 17.6 Å². The third-order valence-corrected chi connectivity index (χ3v) is 3.75. The van der Waals surface area contributed by atoms with Gasteiger partial charge in [-0.2, -0.15) is 0 Å². The van der Waals surface area contributed by atoms with Crippen LogP contribution in [0, 0.1) is 23.3 Å². The number of nitrogens with one attached hydrogen (secondary N) is 1. The fourth-order valence-corrected chi connectivity index (χ4v) is 2.32. The summed E-state index contributed by atoms with van der Waals surface area (Å²) in [5.74, 6) is -5.97. The lowest BCUT2D eigenvalue weighted by atomic mass is 10.1. The average molecular weight is 338 g/mol. The Labute approximate surface area is 128 Å². The Hall–Kier alpha value is -1.46. The molecular weight excluding hydrogens is 329 g/mol. The molecule has 21 heavy (non-hydrogen) atoms. The van der Waals surface area contributed by atoms with Gasteiger partial charge in [0.1, 0.15) is 5.69 Å². The van der Waals surface area contributed by atoms with E-state index < -0.39 is 35.0 Å². The topological polar surface area (TPSA) is 12.0 Å². The van der Waals surface area contributed by atoms with Crippen molar-refractivity contribution in [2.45, 2.75) is 13.0 Å². The van der Waals surface area contributed by atoms with Gasteiger partial charge >= 0.3 is 0 Å². The second-order valence-electron chi connectivity index (χ2n) is 4.35. The van der Waals surface area contributed by atoms with E-state index in [1.165, 1.54) is 6.92 Å². The first-order valence-corrected chi connectivity index (χ1v) is 6.62. The standard InChI is InChI=1S/C14H9Cl2F4N/c1-6(7-3-2-4-8(15)11(7)16)21-14-12(19)9(17)5-10(18)13(14)20/h2-6,21H,1H3. The van der Waals surface area contributed by atoms with E-state index in [1.807, 2.05) is 0 Å². The van der Waals surface area contributed by atoms with E-state index in [-0.39, 0.29) is 16.1 Å². The molecule has 0 spiro atoms. The Morgan fingerprint density at radius 2 is 1.57 bits per heavy atom. The normalized spacial score (nSPS) is 12.3. The number of anilines is 1. The van der Waals surface area contributed by atoms with Crippen LogP contribution in [-0.2, 0) is 0 Å². The van der Waals surface area contributed by atoms with Crippen molar-refractivity contribution in [1.29, 1.82) is 0 Å². The van der Waals surface area contributed by atoms with E-state index >= 15 is 0 Å². The molecule has 0 saturated heterocycles. The minimum absolute atomic E-state index is 0.146. The van der Waals surface area contributed by atoms with Gasteiger partial charge in [-0.05, 0) is 18.6 Å². The molecule has 112 valence electrons. The molecule has 0 aliphatic heterocycles. The Kier molecular flexibility index (Phi) is 4.64. The Morgan fingerprint density at radius 3 is 2.14 bits per heavy atom. The van der Waals surface area contributed by atoms with Crippen LogP contribution in [-0.4, -0.2) is 0 Å². The molecule has 2 rings (SSSR count). The summed E-state index contributed by atoms with van der Waals surface area (Å²) in [4.78, 5) is 0. The maximum Gasteiger partial charge on any atom is 0.185 e. The molecule has 0 aromatic heterocycles. The molecule has 0 aliphatic carbocycles. The van der Waals surface area contributed by atoms with Crippen LogP contribution < -0.4 is 5.32 Å². The van der Waals surface area contributed by atoms with Crippen LogP contribution in [0.1, 0.15) is 18.5 Å².